The van der Waals surface area contributed by atoms with Crippen LogP contribution in [0.4, 0.5) is 4.79 Å². The summed E-state index contributed by atoms with van der Waals surface area (Å²) >= 11 is 0. The fraction of sp³-hybridized carbons (Fsp3) is 0.929. The molecule has 1 amide bonds. The molecule has 2 rings (SSSR count). The lowest BCUT2D eigenvalue weighted by atomic mass is 10.1. The number of carbonyl (C=O) groups is 1. The highest BCUT2D eigenvalue weighted by atomic mass is 16.6. The first kappa shape index (κ1) is 15.5. The summed E-state index contributed by atoms with van der Waals surface area (Å²) in [4.78, 5) is 16.2. The van der Waals surface area contributed by atoms with E-state index in [9.17, 15) is 9.90 Å². The number of nitrogens with zero attached hydrogens (tertiary/aromatic N) is 2. The highest BCUT2D eigenvalue weighted by Crippen LogP contribution is 2.30. The molecule has 1 heterocycles. The molecule has 0 bridgehead atoms. The van der Waals surface area contributed by atoms with Crippen LogP contribution in [0.25, 0.3) is 0 Å². The zero-order valence-electron chi connectivity index (χ0n) is 12.8. The second-order valence-corrected chi connectivity index (χ2v) is 6.59. The van der Waals surface area contributed by atoms with Gasteiger partial charge in [-0.25, -0.2) is 4.79 Å². The molecular weight excluding hydrogens is 260 g/mol. The molecule has 2 fully saturated rings. The number of rotatable bonds is 3. The molecule has 1 N–H and O–H groups in total. The number of ether oxygens (including phenoxy) is 2. The summed E-state index contributed by atoms with van der Waals surface area (Å²) in [6.07, 6.45) is 1.06. The lowest BCUT2D eigenvalue weighted by Gasteiger charge is -2.43. The van der Waals surface area contributed by atoms with Gasteiger partial charge >= 0.3 is 6.09 Å². The van der Waals surface area contributed by atoms with E-state index in [0.29, 0.717) is 19.1 Å². The van der Waals surface area contributed by atoms with E-state index in [0.717, 1.165) is 6.54 Å². The number of amides is 1. The van der Waals surface area contributed by atoms with Crippen LogP contribution in [0, 0.1) is 0 Å². The molecule has 2 atom stereocenters. The Morgan fingerprint density at radius 2 is 1.95 bits per heavy atom. The molecular formula is C14H26N2O4. The maximum atomic E-state index is 12.3. The molecule has 6 heteroatoms. The van der Waals surface area contributed by atoms with Crippen LogP contribution in [0.5, 0.6) is 0 Å². The summed E-state index contributed by atoms with van der Waals surface area (Å²) in [5.41, 5.74) is -0.534. The van der Waals surface area contributed by atoms with E-state index in [1.54, 1.807) is 4.90 Å². The van der Waals surface area contributed by atoms with Gasteiger partial charge in [0, 0.05) is 32.8 Å². The van der Waals surface area contributed by atoms with Gasteiger partial charge in [0.15, 0.2) is 6.29 Å². The van der Waals surface area contributed by atoms with Gasteiger partial charge in [-0.15, -0.1) is 0 Å². The zero-order chi connectivity index (χ0) is 14.9. The molecule has 0 aromatic carbocycles. The van der Waals surface area contributed by atoms with E-state index in [1.807, 2.05) is 20.8 Å². The number of hydrogen-bond donors (Lipinski definition) is 1. The fourth-order valence-electron chi connectivity index (χ4n) is 2.55. The third-order valence-corrected chi connectivity index (χ3v) is 3.71. The van der Waals surface area contributed by atoms with Crippen molar-refractivity contribution in [2.75, 3.05) is 26.7 Å². The quantitative estimate of drug-likeness (QED) is 0.785. The maximum Gasteiger partial charge on any atom is 0.410 e. The van der Waals surface area contributed by atoms with Gasteiger partial charge in [0.05, 0.1) is 6.04 Å². The van der Waals surface area contributed by atoms with Crippen molar-refractivity contribution in [3.63, 3.8) is 0 Å². The van der Waals surface area contributed by atoms with Crippen molar-refractivity contribution in [2.45, 2.75) is 57.6 Å². The Bertz CT molecular complexity index is 352. The van der Waals surface area contributed by atoms with Crippen LogP contribution in [0.2, 0.25) is 0 Å². The molecule has 0 aromatic rings. The molecule has 1 aliphatic carbocycles. The van der Waals surface area contributed by atoms with Crippen LogP contribution in [-0.4, -0.2) is 71.7 Å². The van der Waals surface area contributed by atoms with Crippen molar-refractivity contribution in [1.82, 2.24) is 9.80 Å². The van der Waals surface area contributed by atoms with Crippen LogP contribution in [-0.2, 0) is 9.47 Å². The topological polar surface area (TPSA) is 62.2 Å². The Hall–Kier alpha value is -0.850. The number of piperazine rings is 1. The number of methoxy groups -OCH3 is 1. The molecule has 116 valence electrons. The highest BCUT2D eigenvalue weighted by molar-refractivity contribution is 5.68. The SMILES string of the molecule is COC(O)C1CN(C2CC2)CCN1C(=O)OC(C)(C)C. The Balaban J connectivity index is 2.03. The molecule has 6 nitrogen and oxygen atoms in total. The van der Waals surface area contributed by atoms with Crippen LogP contribution >= 0.6 is 0 Å². The minimum atomic E-state index is -0.982. The average molecular weight is 286 g/mol. The maximum absolute atomic E-state index is 12.3. The molecule has 2 aliphatic rings. The van der Waals surface area contributed by atoms with Gasteiger partial charge in [0.25, 0.3) is 0 Å². The number of carbonyl (C=O) groups excluding carboxylic acids is 1. The van der Waals surface area contributed by atoms with E-state index in [1.165, 1.54) is 20.0 Å². The van der Waals surface area contributed by atoms with Gasteiger partial charge < -0.3 is 14.6 Å². The molecule has 0 radical (unpaired) electrons. The first-order valence-corrected chi connectivity index (χ1v) is 7.26. The zero-order valence-corrected chi connectivity index (χ0v) is 12.8. The standard InChI is InChI=1S/C14H26N2O4/c1-14(2,3)20-13(18)16-8-7-15(10-5-6-10)9-11(16)12(17)19-4/h10-12,17H,5-9H2,1-4H3. The lowest BCUT2D eigenvalue weighted by Crippen LogP contribution is -2.60. The summed E-state index contributed by atoms with van der Waals surface area (Å²) in [6, 6.07) is 0.242. The van der Waals surface area contributed by atoms with Gasteiger partial charge in [0.1, 0.15) is 5.60 Å². The smallest absolute Gasteiger partial charge is 0.410 e. The largest absolute Gasteiger partial charge is 0.444 e. The predicted octanol–water partition coefficient (Wildman–Crippen LogP) is 1.03. The second-order valence-electron chi connectivity index (χ2n) is 6.59. The van der Waals surface area contributed by atoms with E-state index in [2.05, 4.69) is 4.90 Å². The summed E-state index contributed by atoms with van der Waals surface area (Å²) < 4.78 is 10.4. The summed E-state index contributed by atoms with van der Waals surface area (Å²) in [7, 11) is 1.45. The van der Waals surface area contributed by atoms with Crippen molar-refractivity contribution in [3.8, 4) is 0 Å². The lowest BCUT2D eigenvalue weighted by molar-refractivity contribution is -0.139. The molecule has 0 aromatic heterocycles. The highest BCUT2D eigenvalue weighted by Gasteiger charge is 2.41. The number of aliphatic hydroxyl groups is 1. The van der Waals surface area contributed by atoms with E-state index < -0.39 is 11.9 Å². The van der Waals surface area contributed by atoms with Gasteiger partial charge in [0.2, 0.25) is 0 Å². The molecule has 20 heavy (non-hydrogen) atoms. The Kier molecular flexibility index (Phi) is 4.56. The van der Waals surface area contributed by atoms with Crippen molar-refractivity contribution in [1.29, 1.82) is 0 Å². The molecule has 1 saturated carbocycles. The van der Waals surface area contributed by atoms with Crippen molar-refractivity contribution >= 4 is 6.09 Å². The summed E-state index contributed by atoms with van der Waals surface area (Å²) in [5.74, 6) is 0. The van der Waals surface area contributed by atoms with Crippen molar-refractivity contribution in [3.05, 3.63) is 0 Å². The Labute approximate surface area is 120 Å². The van der Waals surface area contributed by atoms with E-state index in [4.69, 9.17) is 9.47 Å². The van der Waals surface area contributed by atoms with E-state index in [-0.39, 0.29) is 12.1 Å². The molecule has 2 unspecified atom stereocenters. The molecule has 1 saturated heterocycles. The summed E-state index contributed by atoms with van der Waals surface area (Å²) in [5, 5.41) is 10.0. The Morgan fingerprint density at radius 1 is 1.30 bits per heavy atom. The van der Waals surface area contributed by atoms with Crippen LogP contribution in [0.1, 0.15) is 33.6 Å². The second kappa shape index (κ2) is 5.87. The van der Waals surface area contributed by atoms with Crippen LogP contribution < -0.4 is 0 Å². The first-order valence-electron chi connectivity index (χ1n) is 7.26. The van der Waals surface area contributed by atoms with Gasteiger partial charge in [-0.2, -0.15) is 0 Å². The van der Waals surface area contributed by atoms with Crippen molar-refractivity contribution in [2.24, 2.45) is 0 Å². The normalized spacial score (nSPS) is 26.4. The Morgan fingerprint density at radius 3 is 2.45 bits per heavy atom. The van der Waals surface area contributed by atoms with Crippen molar-refractivity contribution < 1.29 is 19.4 Å². The van der Waals surface area contributed by atoms with Gasteiger partial charge in [-0.1, -0.05) is 0 Å². The van der Waals surface area contributed by atoms with Gasteiger partial charge in [-0.05, 0) is 33.6 Å². The first-order chi connectivity index (χ1) is 9.31. The molecule has 0 spiro atoms. The number of aliphatic hydroxyl groups excluding tert-OH is 1. The monoisotopic (exact) mass is 286 g/mol. The fourth-order valence-corrected chi connectivity index (χ4v) is 2.55. The molecule has 1 aliphatic heterocycles. The predicted molar refractivity (Wildman–Crippen MR) is 74.3 cm³/mol. The third-order valence-electron chi connectivity index (χ3n) is 3.71. The van der Waals surface area contributed by atoms with E-state index >= 15 is 0 Å². The van der Waals surface area contributed by atoms with Gasteiger partial charge in [-0.3, -0.25) is 9.80 Å². The van der Waals surface area contributed by atoms with Crippen LogP contribution in [0.3, 0.4) is 0 Å². The van der Waals surface area contributed by atoms with Crippen LogP contribution in [0.15, 0.2) is 0 Å². The summed E-state index contributed by atoms with van der Waals surface area (Å²) in [6.45, 7) is 7.56. The number of hydrogen-bond acceptors (Lipinski definition) is 5. The minimum Gasteiger partial charge on any atom is -0.444 e. The average Bonchev–Trinajstić information content (AvgIpc) is 3.19. The minimum absolute atomic E-state index is 0.371. The third kappa shape index (κ3) is 3.84.